The Kier molecular flexibility index (Phi) is 3.18. The molecule has 0 saturated carbocycles. The highest BCUT2D eigenvalue weighted by molar-refractivity contribution is 5.80. The number of carboxylic acids is 1. The molecule has 2 N–H and O–H groups in total. The predicted molar refractivity (Wildman–Crippen MR) is 66.7 cm³/mol. The molecule has 0 atom stereocenters. The molecule has 0 aliphatic heterocycles. The van der Waals surface area contributed by atoms with Gasteiger partial charge in [-0.1, -0.05) is 6.08 Å². The first-order valence-corrected chi connectivity index (χ1v) is 5.31. The van der Waals surface area contributed by atoms with E-state index in [1.165, 1.54) is 10.6 Å². The zero-order valence-corrected chi connectivity index (χ0v) is 9.71. The largest absolute Gasteiger partial charge is 0.478 e. The number of aromatic nitrogens is 1. The zero-order valence-electron chi connectivity index (χ0n) is 9.71. The average Bonchev–Trinajstić information content (AvgIpc) is 2.61. The third-order valence-corrected chi connectivity index (χ3v) is 2.48. The summed E-state index contributed by atoms with van der Waals surface area (Å²) in [5.74, 6) is -1.39. The van der Waals surface area contributed by atoms with Crippen LogP contribution in [0.5, 0.6) is 0 Å². The maximum absolute atomic E-state index is 11.3. The minimum absolute atomic E-state index is 0.392. The molecule has 94 valence electrons. The van der Waals surface area contributed by atoms with Gasteiger partial charge in [0.1, 0.15) is 0 Å². The second-order valence-electron chi connectivity index (χ2n) is 3.73. The van der Waals surface area contributed by atoms with Gasteiger partial charge in [-0.15, -0.1) is 0 Å². The fraction of sp³-hybridized carbons (Fsp3) is 0.167. The number of aryl methyl sites for hydroxylation is 1. The number of hydrogen-bond donors (Lipinski definition) is 2. The Morgan fingerprint density at radius 3 is 3.06 bits per heavy atom. The van der Waals surface area contributed by atoms with Gasteiger partial charge in [0, 0.05) is 25.4 Å². The lowest BCUT2D eigenvalue weighted by atomic mass is 10.3. The van der Waals surface area contributed by atoms with Crippen molar-refractivity contribution in [1.82, 2.24) is 4.57 Å². The molecule has 0 amide bonds. The Labute approximate surface area is 102 Å². The molecule has 6 heteroatoms. The summed E-state index contributed by atoms with van der Waals surface area (Å²) < 4.78 is 6.41. The normalized spacial score (nSPS) is 11.2. The number of hydrogen-bond acceptors (Lipinski definition) is 4. The standard InChI is InChI=1S/C12H12N2O4/c1-14-9-7-8(13-6-2-3-11(15)16)4-5-10(9)18-12(14)17/h2-5,7,13H,6H2,1H3,(H,15,16)/b3-2+. The van der Waals surface area contributed by atoms with Gasteiger partial charge < -0.3 is 14.8 Å². The number of anilines is 1. The Hall–Kier alpha value is -2.50. The molecular formula is C12H12N2O4. The lowest BCUT2D eigenvalue weighted by molar-refractivity contribution is -0.131. The van der Waals surface area contributed by atoms with E-state index in [4.69, 9.17) is 9.52 Å². The van der Waals surface area contributed by atoms with Crippen LogP contribution in [0.4, 0.5) is 5.69 Å². The quantitative estimate of drug-likeness (QED) is 0.794. The smallest absolute Gasteiger partial charge is 0.419 e. The average molecular weight is 248 g/mol. The summed E-state index contributed by atoms with van der Waals surface area (Å²) in [6.45, 7) is 0.392. The van der Waals surface area contributed by atoms with E-state index < -0.39 is 11.7 Å². The van der Waals surface area contributed by atoms with Gasteiger partial charge in [0.15, 0.2) is 5.58 Å². The molecule has 0 aliphatic carbocycles. The predicted octanol–water partition coefficient (Wildman–Crippen LogP) is 1.18. The van der Waals surface area contributed by atoms with Gasteiger partial charge >= 0.3 is 11.7 Å². The maximum Gasteiger partial charge on any atom is 0.419 e. The first kappa shape index (κ1) is 12.0. The second kappa shape index (κ2) is 4.79. The van der Waals surface area contributed by atoms with Crippen molar-refractivity contribution in [1.29, 1.82) is 0 Å². The molecule has 0 spiro atoms. The van der Waals surface area contributed by atoms with E-state index >= 15 is 0 Å². The third kappa shape index (κ3) is 2.42. The molecule has 0 aliphatic rings. The third-order valence-electron chi connectivity index (χ3n) is 2.48. The van der Waals surface area contributed by atoms with Gasteiger partial charge in [-0.2, -0.15) is 0 Å². The molecule has 1 aromatic carbocycles. The molecular weight excluding hydrogens is 236 g/mol. The number of nitrogens with one attached hydrogen (secondary N) is 1. The van der Waals surface area contributed by atoms with Crippen molar-refractivity contribution in [3.63, 3.8) is 0 Å². The van der Waals surface area contributed by atoms with Crippen LogP contribution in [0.2, 0.25) is 0 Å². The van der Waals surface area contributed by atoms with E-state index in [1.807, 2.05) is 0 Å². The topological polar surface area (TPSA) is 84.5 Å². The minimum Gasteiger partial charge on any atom is -0.478 e. The number of carbonyl (C=O) groups is 1. The molecule has 0 unspecified atom stereocenters. The van der Waals surface area contributed by atoms with Gasteiger partial charge in [-0.25, -0.2) is 9.59 Å². The van der Waals surface area contributed by atoms with E-state index in [1.54, 1.807) is 25.2 Å². The number of aliphatic carboxylic acids is 1. The van der Waals surface area contributed by atoms with Crippen LogP contribution in [-0.2, 0) is 11.8 Å². The van der Waals surface area contributed by atoms with Crippen LogP contribution in [-0.4, -0.2) is 22.2 Å². The molecule has 18 heavy (non-hydrogen) atoms. The SMILES string of the molecule is Cn1c(=O)oc2ccc(NC/C=C/C(=O)O)cc21. The van der Waals surface area contributed by atoms with Crippen molar-refractivity contribution < 1.29 is 14.3 Å². The summed E-state index contributed by atoms with van der Waals surface area (Å²) in [5, 5.41) is 11.4. The zero-order chi connectivity index (χ0) is 13.1. The van der Waals surface area contributed by atoms with Crippen LogP contribution >= 0.6 is 0 Å². The summed E-state index contributed by atoms with van der Waals surface area (Å²) in [6.07, 6.45) is 2.57. The van der Waals surface area contributed by atoms with Gasteiger partial charge in [-0.3, -0.25) is 4.57 Å². The number of nitrogens with zero attached hydrogens (tertiary/aromatic N) is 1. The molecule has 2 aromatic rings. The van der Waals surface area contributed by atoms with Crippen molar-refractivity contribution in [2.45, 2.75) is 0 Å². The lowest BCUT2D eigenvalue weighted by Crippen LogP contribution is -2.08. The molecule has 0 radical (unpaired) electrons. The number of oxazole rings is 1. The molecule has 0 saturated heterocycles. The second-order valence-corrected chi connectivity index (χ2v) is 3.73. The first-order chi connectivity index (χ1) is 8.58. The van der Waals surface area contributed by atoms with Crippen LogP contribution < -0.4 is 11.1 Å². The highest BCUT2D eigenvalue weighted by Gasteiger charge is 2.05. The highest BCUT2D eigenvalue weighted by atomic mass is 16.4. The maximum atomic E-state index is 11.3. The van der Waals surface area contributed by atoms with Crippen molar-refractivity contribution in [2.24, 2.45) is 7.05 Å². The Balaban J connectivity index is 2.17. The van der Waals surface area contributed by atoms with Crippen LogP contribution in [0.15, 0.2) is 39.6 Å². The van der Waals surface area contributed by atoms with E-state index in [2.05, 4.69) is 5.32 Å². The summed E-state index contributed by atoms with van der Waals surface area (Å²) in [6, 6.07) is 5.23. The van der Waals surface area contributed by atoms with E-state index in [9.17, 15) is 9.59 Å². The fourth-order valence-electron chi connectivity index (χ4n) is 1.57. The van der Waals surface area contributed by atoms with Crippen molar-refractivity contribution >= 4 is 22.8 Å². The minimum atomic E-state index is -0.982. The van der Waals surface area contributed by atoms with Crippen LogP contribution in [0, 0.1) is 0 Å². The summed E-state index contributed by atoms with van der Waals surface area (Å²) in [5.41, 5.74) is 2.00. The van der Waals surface area contributed by atoms with Crippen LogP contribution in [0.3, 0.4) is 0 Å². The highest BCUT2D eigenvalue weighted by Crippen LogP contribution is 2.17. The van der Waals surface area contributed by atoms with Crippen molar-refractivity contribution in [3.8, 4) is 0 Å². The summed E-state index contributed by atoms with van der Waals surface area (Å²) >= 11 is 0. The van der Waals surface area contributed by atoms with Gasteiger partial charge in [-0.05, 0) is 18.2 Å². The molecule has 1 heterocycles. The molecule has 0 fully saturated rings. The number of carboxylic acid groups (broad SMARTS) is 1. The molecule has 1 aromatic heterocycles. The van der Waals surface area contributed by atoms with Gasteiger partial charge in [0.2, 0.25) is 0 Å². The number of rotatable bonds is 4. The van der Waals surface area contributed by atoms with E-state index in [0.29, 0.717) is 17.6 Å². The number of benzene rings is 1. The lowest BCUT2D eigenvalue weighted by Gasteiger charge is -2.02. The Morgan fingerprint density at radius 2 is 2.33 bits per heavy atom. The van der Waals surface area contributed by atoms with Crippen LogP contribution in [0.1, 0.15) is 0 Å². The van der Waals surface area contributed by atoms with Crippen molar-refractivity contribution in [2.75, 3.05) is 11.9 Å². The molecule has 2 rings (SSSR count). The Bertz CT molecular complexity index is 666. The first-order valence-electron chi connectivity index (χ1n) is 5.31. The summed E-state index contributed by atoms with van der Waals surface area (Å²) in [7, 11) is 1.63. The monoisotopic (exact) mass is 248 g/mol. The Morgan fingerprint density at radius 1 is 1.56 bits per heavy atom. The molecule has 0 bridgehead atoms. The van der Waals surface area contributed by atoms with E-state index in [-0.39, 0.29) is 0 Å². The summed E-state index contributed by atoms with van der Waals surface area (Å²) in [4.78, 5) is 21.6. The fourth-order valence-corrected chi connectivity index (χ4v) is 1.57. The van der Waals surface area contributed by atoms with Gasteiger partial charge in [0.05, 0.1) is 5.52 Å². The van der Waals surface area contributed by atoms with Crippen molar-refractivity contribution in [3.05, 3.63) is 40.9 Å². The van der Waals surface area contributed by atoms with Gasteiger partial charge in [0.25, 0.3) is 0 Å². The number of fused-ring (bicyclic) bond motifs is 1. The van der Waals surface area contributed by atoms with E-state index in [0.717, 1.165) is 11.8 Å². The molecule has 6 nitrogen and oxygen atoms in total. The van der Waals surface area contributed by atoms with Crippen LogP contribution in [0.25, 0.3) is 11.1 Å².